The number of nitriles is 1. The van der Waals surface area contributed by atoms with Crippen LogP contribution in [-0.4, -0.2) is 20.3 Å². The zero-order valence-corrected chi connectivity index (χ0v) is 7.83. The Morgan fingerprint density at radius 1 is 1.29 bits per heavy atom. The van der Waals surface area contributed by atoms with Crippen LogP contribution in [0.25, 0.3) is 0 Å². The smallest absolute Gasteiger partial charge is 0.185 e. The molecule has 2 rings (SSSR count). The van der Waals surface area contributed by atoms with E-state index in [1.54, 1.807) is 13.1 Å². The Balaban J connectivity index is 2.57. The Labute approximate surface area is 82.1 Å². The van der Waals surface area contributed by atoms with E-state index in [0.717, 1.165) is 5.69 Å². The summed E-state index contributed by atoms with van der Waals surface area (Å²) in [6, 6.07) is 5.61. The average Bonchev–Trinajstić information content (AvgIpc) is 2.27. The highest BCUT2D eigenvalue weighted by Gasteiger charge is 2.19. The molecule has 1 heterocycles. The molecule has 1 N–H and O–H groups in total. The third kappa shape index (κ3) is 1.23. The lowest BCUT2D eigenvalue weighted by atomic mass is 10.1. The van der Waals surface area contributed by atoms with Crippen LogP contribution in [0.15, 0.2) is 12.1 Å². The number of hydrogen-bond acceptors (Lipinski definition) is 4. The van der Waals surface area contributed by atoms with Crippen molar-refractivity contribution in [2.24, 2.45) is 0 Å². The van der Waals surface area contributed by atoms with Gasteiger partial charge in [-0.3, -0.25) is 0 Å². The van der Waals surface area contributed by atoms with E-state index in [1.807, 2.05) is 6.07 Å². The molecular weight excluding hydrogens is 180 g/mol. The number of anilines is 1. The molecule has 0 fully saturated rings. The zero-order valence-electron chi connectivity index (χ0n) is 7.83. The van der Waals surface area contributed by atoms with Crippen LogP contribution in [0.3, 0.4) is 0 Å². The zero-order chi connectivity index (χ0) is 9.97. The number of benzene rings is 1. The minimum atomic E-state index is 0.495. The van der Waals surface area contributed by atoms with Crippen molar-refractivity contribution in [3.63, 3.8) is 0 Å². The van der Waals surface area contributed by atoms with Crippen LogP contribution < -0.4 is 14.8 Å². The van der Waals surface area contributed by atoms with Gasteiger partial charge in [0.2, 0.25) is 0 Å². The van der Waals surface area contributed by atoms with E-state index in [-0.39, 0.29) is 0 Å². The van der Waals surface area contributed by atoms with Gasteiger partial charge in [0.1, 0.15) is 19.3 Å². The topological polar surface area (TPSA) is 54.3 Å². The molecule has 0 saturated carbocycles. The summed E-state index contributed by atoms with van der Waals surface area (Å²) in [5, 5.41) is 11.8. The SMILES string of the molecule is CNc1ccc(C#N)c2c1OCCO2. The second kappa shape index (κ2) is 3.46. The molecule has 72 valence electrons. The van der Waals surface area contributed by atoms with Gasteiger partial charge in [0, 0.05) is 7.05 Å². The first-order valence-corrected chi connectivity index (χ1v) is 4.37. The van der Waals surface area contributed by atoms with Gasteiger partial charge < -0.3 is 14.8 Å². The van der Waals surface area contributed by atoms with Crippen LogP contribution in [0, 0.1) is 11.3 Å². The summed E-state index contributed by atoms with van der Waals surface area (Å²) in [6.07, 6.45) is 0. The van der Waals surface area contributed by atoms with Gasteiger partial charge in [-0.25, -0.2) is 0 Å². The summed E-state index contributed by atoms with van der Waals surface area (Å²) < 4.78 is 10.8. The van der Waals surface area contributed by atoms with Crippen molar-refractivity contribution in [1.82, 2.24) is 0 Å². The van der Waals surface area contributed by atoms with Crippen LogP contribution in [-0.2, 0) is 0 Å². The molecule has 1 aliphatic rings. The first-order chi connectivity index (χ1) is 6.86. The molecular formula is C10H10N2O2. The minimum Gasteiger partial charge on any atom is -0.485 e. The van der Waals surface area contributed by atoms with Gasteiger partial charge in [0.15, 0.2) is 11.5 Å². The lowest BCUT2D eigenvalue weighted by molar-refractivity contribution is 0.172. The first-order valence-electron chi connectivity index (χ1n) is 4.37. The van der Waals surface area contributed by atoms with Crippen LogP contribution >= 0.6 is 0 Å². The largest absolute Gasteiger partial charge is 0.485 e. The quantitative estimate of drug-likeness (QED) is 0.726. The van der Waals surface area contributed by atoms with Gasteiger partial charge in [0.05, 0.1) is 11.3 Å². The van der Waals surface area contributed by atoms with E-state index < -0.39 is 0 Å². The Hall–Kier alpha value is -1.89. The number of ether oxygens (including phenoxy) is 2. The van der Waals surface area contributed by atoms with Gasteiger partial charge in [0.25, 0.3) is 0 Å². The van der Waals surface area contributed by atoms with Crippen LogP contribution in [0.4, 0.5) is 5.69 Å². The monoisotopic (exact) mass is 190 g/mol. The molecule has 0 bridgehead atoms. The lowest BCUT2D eigenvalue weighted by Crippen LogP contribution is -2.17. The van der Waals surface area contributed by atoms with Crippen molar-refractivity contribution >= 4 is 5.69 Å². The second-order valence-electron chi connectivity index (χ2n) is 2.88. The highest BCUT2D eigenvalue weighted by molar-refractivity contribution is 5.68. The number of nitrogens with one attached hydrogen (secondary N) is 1. The van der Waals surface area contributed by atoms with E-state index in [4.69, 9.17) is 14.7 Å². The predicted molar refractivity (Wildman–Crippen MR) is 51.7 cm³/mol. The van der Waals surface area contributed by atoms with Crippen molar-refractivity contribution < 1.29 is 9.47 Å². The van der Waals surface area contributed by atoms with Gasteiger partial charge >= 0.3 is 0 Å². The molecule has 4 nitrogen and oxygen atoms in total. The maximum absolute atomic E-state index is 8.85. The Morgan fingerprint density at radius 3 is 2.64 bits per heavy atom. The fourth-order valence-electron chi connectivity index (χ4n) is 1.42. The summed E-state index contributed by atoms with van der Waals surface area (Å²) in [4.78, 5) is 0. The van der Waals surface area contributed by atoms with E-state index in [9.17, 15) is 0 Å². The summed E-state index contributed by atoms with van der Waals surface area (Å²) in [6.45, 7) is 1.02. The fourth-order valence-corrected chi connectivity index (χ4v) is 1.42. The molecule has 0 radical (unpaired) electrons. The molecule has 14 heavy (non-hydrogen) atoms. The standard InChI is InChI=1S/C10H10N2O2/c1-12-8-3-2-7(6-11)9-10(8)14-5-4-13-9/h2-3,12H,4-5H2,1H3. The highest BCUT2D eigenvalue weighted by Crippen LogP contribution is 2.39. The molecule has 0 spiro atoms. The first kappa shape index (κ1) is 8.70. The number of hydrogen-bond donors (Lipinski definition) is 1. The van der Waals surface area contributed by atoms with Crippen molar-refractivity contribution in [3.8, 4) is 17.6 Å². The van der Waals surface area contributed by atoms with E-state index in [0.29, 0.717) is 30.3 Å². The molecule has 1 aliphatic heterocycles. The van der Waals surface area contributed by atoms with Crippen molar-refractivity contribution in [2.75, 3.05) is 25.6 Å². The molecule has 0 aromatic heterocycles. The lowest BCUT2D eigenvalue weighted by Gasteiger charge is -2.21. The Morgan fingerprint density at radius 2 is 2.00 bits per heavy atom. The van der Waals surface area contributed by atoms with Gasteiger partial charge in [-0.05, 0) is 12.1 Å². The van der Waals surface area contributed by atoms with Crippen LogP contribution in [0.1, 0.15) is 5.56 Å². The molecule has 0 unspecified atom stereocenters. The minimum absolute atomic E-state index is 0.495. The average molecular weight is 190 g/mol. The summed E-state index contributed by atoms with van der Waals surface area (Å²) >= 11 is 0. The number of fused-ring (bicyclic) bond motifs is 1. The van der Waals surface area contributed by atoms with E-state index in [2.05, 4.69) is 11.4 Å². The third-order valence-electron chi connectivity index (χ3n) is 2.08. The Kier molecular flexibility index (Phi) is 2.15. The van der Waals surface area contributed by atoms with Crippen molar-refractivity contribution in [3.05, 3.63) is 17.7 Å². The van der Waals surface area contributed by atoms with Crippen LogP contribution in [0.2, 0.25) is 0 Å². The normalized spacial score (nSPS) is 13.1. The van der Waals surface area contributed by atoms with Crippen molar-refractivity contribution in [2.45, 2.75) is 0 Å². The third-order valence-corrected chi connectivity index (χ3v) is 2.08. The van der Waals surface area contributed by atoms with Crippen LogP contribution in [0.5, 0.6) is 11.5 Å². The van der Waals surface area contributed by atoms with Crippen molar-refractivity contribution in [1.29, 1.82) is 5.26 Å². The second-order valence-corrected chi connectivity index (χ2v) is 2.88. The summed E-state index contributed by atoms with van der Waals surface area (Å²) in [5.41, 5.74) is 1.36. The number of nitrogens with zero attached hydrogens (tertiary/aromatic N) is 1. The van der Waals surface area contributed by atoms with E-state index >= 15 is 0 Å². The van der Waals surface area contributed by atoms with Gasteiger partial charge in [-0.1, -0.05) is 0 Å². The fraction of sp³-hybridized carbons (Fsp3) is 0.300. The summed E-state index contributed by atoms with van der Waals surface area (Å²) in [7, 11) is 1.81. The van der Waals surface area contributed by atoms with E-state index in [1.165, 1.54) is 0 Å². The highest BCUT2D eigenvalue weighted by atomic mass is 16.6. The van der Waals surface area contributed by atoms with Gasteiger partial charge in [-0.2, -0.15) is 5.26 Å². The maximum Gasteiger partial charge on any atom is 0.185 e. The molecule has 1 aromatic rings. The molecule has 4 heteroatoms. The van der Waals surface area contributed by atoms with Gasteiger partial charge in [-0.15, -0.1) is 0 Å². The maximum atomic E-state index is 8.85. The predicted octanol–water partition coefficient (Wildman–Crippen LogP) is 1.37. The molecule has 0 amide bonds. The molecule has 0 saturated heterocycles. The molecule has 0 atom stereocenters. The Bertz CT molecular complexity index is 396. The molecule has 0 aliphatic carbocycles. The molecule has 1 aromatic carbocycles. The number of rotatable bonds is 1. The summed E-state index contributed by atoms with van der Waals surface area (Å²) in [5.74, 6) is 1.18.